The molecule has 1 aliphatic rings. The summed E-state index contributed by atoms with van der Waals surface area (Å²) in [6.07, 6.45) is 1.88. The molecule has 0 aliphatic carbocycles. The number of nitrogens with one attached hydrogen (secondary N) is 3. The van der Waals surface area contributed by atoms with Crippen LogP contribution in [0.2, 0.25) is 0 Å². The molecule has 0 radical (unpaired) electrons. The second kappa shape index (κ2) is 27.6. The number of nitrogens with two attached hydrogens (primary N) is 1. The number of aliphatic hydroxyl groups is 1. The summed E-state index contributed by atoms with van der Waals surface area (Å²) in [5.41, 5.74) is 6.20. The standard InChI is InChI=1S/C39H66N7O14PS/c1-6-45-23-41-20-28(45)17-27(37(52)44-32(21-47)35(50)19-29(25(4)48)26(5)60-61(55,56)57)18-34(49)31(16-24(2)3)43-39(54)33-8-7-11-46(33)36(51)9-12-58-14-15-59-13-10-42-38(53)30(40)22-62/h20,23-24,26-27,29-33,47,62H,6-19,21-22,40H2,1-5H3,(H,42,53)(H,43,54)(H,44,52)(H2,55,56,57)/t26-,27-,29-,30+,31+,32+,33+/m1/s1. The summed E-state index contributed by atoms with van der Waals surface area (Å²) in [6, 6.07) is -4.11. The van der Waals surface area contributed by atoms with Crippen LogP contribution in [0.25, 0.3) is 0 Å². The maximum atomic E-state index is 14.1. The summed E-state index contributed by atoms with van der Waals surface area (Å²) < 4.78 is 28.7. The van der Waals surface area contributed by atoms with Gasteiger partial charge in [0.05, 0.1) is 75.8 Å². The molecule has 21 nitrogen and oxygen atoms in total. The molecule has 0 bridgehead atoms. The number of thiol groups is 1. The number of phosphoric ester groups is 1. The number of phosphoric acid groups is 1. The van der Waals surface area contributed by atoms with E-state index in [0.717, 1.165) is 6.92 Å². The minimum Gasteiger partial charge on any atom is -0.394 e. The summed E-state index contributed by atoms with van der Waals surface area (Å²) in [5.74, 6) is -6.07. The quantitative estimate of drug-likeness (QED) is 0.0264. The van der Waals surface area contributed by atoms with Crippen molar-refractivity contribution in [3.8, 4) is 0 Å². The average Bonchev–Trinajstić information content (AvgIpc) is 3.89. The number of likely N-dealkylation sites (tertiary alicyclic amines) is 1. The van der Waals surface area contributed by atoms with Gasteiger partial charge in [0.15, 0.2) is 11.6 Å². The van der Waals surface area contributed by atoms with Crippen molar-refractivity contribution >= 4 is 61.4 Å². The number of aryl methyl sites for hydroxylation is 1. The van der Waals surface area contributed by atoms with E-state index in [9.17, 15) is 53.0 Å². The molecule has 2 rings (SSSR count). The van der Waals surface area contributed by atoms with Gasteiger partial charge in [0, 0.05) is 56.5 Å². The molecule has 0 unspecified atom stereocenters. The zero-order valence-electron chi connectivity index (χ0n) is 36.2. The van der Waals surface area contributed by atoms with Crippen LogP contribution in [0.4, 0.5) is 0 Å². The van der Waals surface area contributed by atoms with E-state index in [1.807, 2.05) is 20.8 Å². The van der Waals surface area contributed by atoms with Crippen LogP contribution in [-0.4, -0.2) is 152 Å². The molecular formula is C39H66N7O14PS. The van der Waals surface area contributed by atoms with Gasteiger partial charge in [-0.2, -0.15) is 12.6 Å². The molecule has 4 amide bonds. The van der Waals surface area contributed by atoms with E-state index in [1.54, 1.807) is 10.9 Å². The van der Waals surface area contributed by atoms with Crippen LogP contribution in [0, 0.1) is 17.8 Å². The molecule has 62 heavy (non-hydrogen) atoms. The fourth-order valence-electron chi connectivity index (χ4n) is 6.94. The Morgan fingerprint density at radius 3 is 2.24 bits per heavy atom. The number of nitrogens with zero attached hydrogens (tertiary/aromatic N) is 3. The van der Waals surface area contributed by atoms with Crippen LogP contribution >= 0.6 is 20.5 Å². The number of Topliss-reactive ketones (excluding diaryl/α,β-unsaturated/α-hetero) is 3. The first-order valence-electron chi connectivity index (χ1n) is 20.8. The van der Waals surface area contributed by atoms with Crippen LogP contribution < -0.4 is 21.7 Å². The van der Waals surface area contributed by atoms with Crippen molar-refractivity contribution in [3.63, 3.8) is 0 Å². The number of carbonyl (C=O) groups is 7. The van der Waals surface area contributed by atoms with Gasteiger partial charge in [-0.3, -0.25) is 38.1 Å². The number of amides is 4. The Morgan fingerprint density at radius 1 is 0.984 bits per heavy atom. The summed E-state index contributed by atoms with van der Waals surface area (Å²) >= 11 is 3.98. The number of aromatic nitrogens is 2. The number of ketones is 3. The van der Waals surface area contributed by atoms with Gasteiger partial charge >= 0.3 is 7.82 Å². The summed E-state index contributed by atoms with van der Waals surface area (Å²) in [6.45, 7) is 8.90. The monoisotopic (exact) mass is 919 g/mol. The summed E-state index contributed by atoms with van der Waals surface area (Å²) in [7, 11) is -5.01. The van der Waals surface area contributed by atoms with Gasteiger partial charge in [0.25, 0.3) is 0 Å². The van der Waals surface area contributed by atoms with Crippen molar-refractivity contribution in [1.82, 2.24) is 30.4 Å². The van der Waals surface area contributed by atoms with Gasteiger partial charge in [-0.25, -0.2) is 9.55 Å². The Balaban J connectivity index is 2.11. The number of imidazole rings is 1. The summed E-state index contributed by atoms with van der Waals surface area (Å²) in [4.78, 5) is 116. The van der Waals surface area contributed by atoms with Gasteiger partial charge in [0.1, 0.15) is 17.9 Å². The van der Waals surface area contributed by atoms with Gasteiger partial charge in [0.2, 0.25) is 23.6 Å². The first kappa shape index (κ1) is 54.5. The molecule has 1 aromatic heterocycles. The predicted molar refractivity (Wildman–Crippen MR) is 227 cm³/mol. The lowest BCUT2D eigenvalue weighted by Gasteiger charge is -2.28. The molecule has 352 valence electrons. The van der Waals surface area contributed by atoms with Crippen molar-refractivity contribution in [2.24, 2.45) is 23.5 Å². The number of rotatable bonds is 31. The van der Waals surface area contributed by atoms with E-state index in [4.69, 9.17) is 15.2 Å². The molecule has 23 heteroatoms. The number of hydrogen-bond acceptors (Lipinski definition) is 15. The predicted octanol–water partition coefficient (Wildman–Crippen LogP) is -0.521. The van der Waals surface area contributed by atoms with Gasteiger partial charge < -0.3 is 55.5 Å². The molecular weight excluding hydrogens is 854 g/mol. The second-order valence-corrected chi connectivity index (χ2v) is 17.2. The summed E-state index contributed by atoms with van der Waals surface area (Å²) in [5, 5.41) is 18.1. The molecule has 1 aromatic rings. The van der Waals surface area contributed by atoms with Crippen molar-refractivity contribution in [1.29, 1.82) is 0 Å². The van der Waals surface area contributed by atoms with E-state index < -0.39 is 92.1 Å². The number of ether oxygens (including phenoxy) is 2. The highest BCUT2D eigenvalue weighted by atomic mass is 32.1. The van der Waals surface area contributed by atoms with Crippen LogP contribution in [0.15, 0.2) is 12.5 Å². The molecule has 8 N–H and O–H groups in total. The molecule has 1 saturated heterocycles. The van der Waals surface area contributed by atoms with Crippen LogP contribution in [-0.2, 0) is 65.1 Å². The maximum absolute atomic E-state index is 14.1. The average molecular weight is 920 g/mol. The fourth-order valence-corrected chi connectivity index (χ4v) is 7.68. The largest absolute Gasteiger partial charge is 0.469 e. The molecule has 1 fully saturated rings. The van der Waals surface area contributed by atoms with Gasteiger partial charge in [-0.15, -0.1) is 0 Å². The normalized spacial score (nSPS) is 17.1. The maximum Gasteiger partial charge on any atom is 0.469 e. The van der Waals surface area contributed by atoms with Crippen LogP contribution in [0.3, 0.4) is 0 Å². The lowest BCUT2D eigenvalue weighted by atomic mass is 9.89. The molecule has 0 saturated carbocycles. The fraction of sp³-hybridized carbons (Fsp3) is 0.744. The molecule has 0 spiro atoms. The SMILES string of the molecule is CCn1cncc1C[C@H](CC(=O)[C@H](CC(C)C)NC(=O)[C@@H]1CCCN1C(=O)CCOCCOCCNC(=O)[C@@H](N)CS)C(=O)N[C@@H](CO)C(=O)C[C@H](C(C)=O)[C@@H](C)OP(=O)(O)O. The Kier molecular flexibility index (Phi) is 24.2. The van der Waals surface area contributed by atoms with E-state index in [-0.39, 0.29) is 82.1 Å². The lowest BCUT2D eigenvalue weighted by molar-refractivity contribution is -0.140. The lowest BCUT2D eigenvalue weighted by Crippen LogP contribution is -2.52. The van der Waals surface area contributed by atoms with Crippen LogP contribution in [0.1, 0.15) is 78.8 Å². The van der Waals surface area contributed by atoms with Crippen molar-refractivity contribution in [3.05, 3.63) is 18.2 Å². The third-order valence-electron chi connectivity index (χ3n) is 10.3. The Labute approximate surface area is 368 Å². The smallest absolute Gasteiger partial charge is 0.394 e. The zero-order chi connectivity index (χ0) is 46.6. The van der Waals surface area contributed by atoms with Gasteiger partial charge in [-0.05, 0) is 46.0 Å². The van der Waals surface area contributed by atoms with Gasteiger partial charge in [-0.1, -0.05) is 13.8 Å². The molecule has 1 aliphatic heterocycles. The number of hydrogen-bond donors (Lipinski definition) is 8. The highest BCUT2D eigenvalue weighted by molar-refractivity contribution is 7.80. The molecule has 0 aromatic carbocycles. The highest BCUT2D eigenvalue weighted by Gasteiger charge is 2.38. The zero-order valence-corrected chi connectivity index (χ0v) is 38.0. The Hall–Kier alpha value is -3.60. The van der Waals surface area contributed by atoms with E-state index in [2.05, 4.69) is 38.1 Å². The van der Waals surface area contributed by atoms with Crippen molar-refractivity contribution in [2.75, 3.05) is 51.9 Å². The Morgan fingerprint density at radius 2 is 1.65 bits per heavy atom. The van der Waals surface area contributed by atoms with Crippen molar-refractivity contribution < 1.29 is 67.0 Å². The second-order valence-electron chi connectivity index (χ2n) is 15.7. The minimum absolute atomic E-state index is 0.00740. The van der Waals surface area contributed by atoms with Crippen LogP contribution in [0.5, 0.6) is 0 Å². The van der Waals surface area contributed by atoms with Crippen molar-refractivity contribution in [2.45, 2.75) is 116 Å². The first-order valence-corrected chi connectivity index (χ1v) is 23.0. The number of carbonyl (C=O) groups excluding carboxylic acids is 7. The highest BCUT2D eigenvalue weighted by Crippen LogP contribution is 2.39. The molecule has 7 atom stereocenters. The topological polar surface area (TPSA) is 308 Å². The Bertz CT molecular complexity index is 1690. The minimum atomic E-state index is -5.01. The third kappa shape index (κ3) is 19.0. The third-order valence-corrected chi connectivity index (χ3v) is 11.3. The van der Waals surface area contributed by atoms with E-state index in [0.29, 0.717) is 31.6 Å². The van der Waals surface area contributed by atoms with E-state index >= 15 is 0 Å². The number of aliphatic hydroxyl groups excluding tert-OH is 1. The van der Waals surface area contributed by atoms with E-state index in [1.165, 1.54) is 18.0 Å². The molecule has 2 heterocycles. The first-order chi connectivity index (χ1) is 29.2.